The second-order valence-electron chi connectivity index (χ2n) is 4.56. The van der Waals surface area contributed by atoms with Gasteiger partial charge in [0.05, 0.1) is 6.10 Å². The number of hydrogen-bond donors (Lipinski definition) is 2. The Morgan fingerprint density at radius 3 is 2.94 bits per heavy atom. The average molecular weight is 240 g/mol. The number of nitrogens with two attached hydrogens (primary N) is 1. The Bertz CT molecular complexity index is 375. The third-order valence-corrected chi connectivity index (χ3v) is 4.68. The van der Waals surface area contributed by atoms with E-state index in [-0.39, 0.29) is 6.10 Å². The van der Waals surface area contributed by atoms with Gasteiger partial charge in [0, 0.05) is 35.9 Å². The molecule has 3 N–H and O–H groups in total. The van der Waals surface area contributed by atoms with Gasteiger partial charge in [-0.1, -0.05) is 0 Å². The van der Waals surface area contributed by atoms with Crippen molar-refractivity contribution in [3.05, 3.63) is 20.9 Å². The molecule has 90 valence electrons. The molecule has 1 aromatic heterocycles. The maximum absolute atomic E-state index is 9.57. The van der Waals surface area contributed by atoms with Crippen LogP contribution in [0.1, 0.15) is 20.9 Å². The van der Waals surface area contributed by atoms with Gasteiger partial charge in [-0.25, -0.2) is 0 Å². The zero-order valence-corrected chi connectivity index (χ0v) is 10.8. The number of aryl methyl sites for hydroxylation is 1. The van der Waals surface area contributed by atoms with Crippen LogP contribution in [0.25, 0.3) is 0 Å². The number of aliphatic hydroxyl groups is 1. The number of thiophene rings is 1. The number of fused-ring (bicyclic) bond motifs is 1. The predicted molar refractivity (Wildman–Crippen MR) is 67.8 cm³/mol. The summed E-state index contributed by atoms with van der Waals surface area (Å²) in [4.78, 5) is 5.28. The molecule has 0 unspecified atom stereocenters. The first kappa shape index (κ1) is 12.0. The molecule has 0 radical (unpaired) electrons. The highest BCUT2D eigenvalue weighted by molar-refractivity contribution is 7.12. The minimum absolute atomic E-state index is 0.352. The Morgan fingerprint density at radius 1 is 1.50 bits per heavy atom. The van der Waals surface area contributed by atoms with Gasteiger partial charge in [0.1, 0.15) is 0 Å². The topological polar surface area (TPSA) is 49.5 Å². The highest BCUT2D eigenvalue weighted by Gasteiger charge is 2.22. The molecule has 0 bridgehead atoms. The molecule has 16 heavy (non-hydrogen) atoms. The minimum atomic E-state index is -0.387. The van der Waals surface area contributed by atoms with Gasteiger partial charge < -0.3 is 10.8 Å². The summed E-state index contributed by atoms with van der Waals surface area (Å²) in [5, 5.41) is 9.57. The summed E-state index contributed by atoms with van der Waals surface area (Å²) in [7, 11) is 0. The van der Waals surface area contributed by atoms with E-state index in [0.29, 0.717) is 13.1 Å². The van der Waals surface area contributed by atoms with Crippen LogP contribution in [0.4, 0.5) is 0 Å². The van der Waals surface area contributed by atoms with Crippen molar-refractivity contribution in [2.45, 2.75) is 32.9 Å². The summed E-state index contributed by atoms with van der Waals surface area (Å²) in [5.41, 5.74) is 8.36. The Hall–Kier alpha value is -0.420. The smallest absolute Gasteiger partial charge is 0.0789 e. The van der Waals surface area contributed by atoms with Gasteiger partial charge in [-0.15, -0.1) is 11.3 Å². The third kappa shape index (κ3) is 2.30. The zero-order chi connectivity index (χ0) is 11.7. The fourth-order valence-electron chi connectivity index (χ4n) is 2.24. The summed E-state index contributed by atoms with van der Waals surface area (Å²) in [6.45, 7) is 7.46. The third-order valence-electron chi connectivity index (χ3n) is 3.37. The summed E-state index contributed by atoms with van der Waals surface area (Å²) in [6.07, 6.45) is 0.730. The number of hydrogen-bond acceptors (Lipinski definition) is 4. The number of nitrogens with zero attached hydrogens (tertiary/aromatic N) is 1. The number of β-amino-alcohol motifs (C(OH)–C–C–N with tert-alkyl or cyclic N) is 1. The molecule has 2 heterocycles. The van der Waals surface area contributed by atoms with Crippen molar-refractivity contribution in [2.24, 2.45) is 5.73 Å². The minimum Gasteiger partial charge on any atom is -0.390 e. The molecule has 3 nitrogen and oxygen atoms in total. The quantitative estimate of drug-likeness (QED) is 0.830. The van der Waals surface area contributed by atoms with Crippen molar-refractivity contribution in [1.82, 2.24) is 4.90 Å². The average Bonchev–Trinajstić information content (AvgIpc) is 2.55. The van der Waals surface area contributed by atoms with Crippen molar-refractivity contribution < 1.29 is 5.11 Å². The van der Waals surface area contributed by atoms with Gasteiger partial charge in [0.25, 0.3) is 0 Å². The largest absolute Gasteiger partial charge is 0.390 e. The Kier molecular flexibility index (Phi) is 3.64. The maximum Gasteiger partial charge on any atom is 0.0789 e. The summed E-state index contributed by atoms with van der Waals surface area (Å²) in [5.74, 6) is 0. The highest BCUT2D eigenvalue weighted by Crippen LogP contribution is 2.31. The normalized spacial score (nSPS) is 18.5. The van der Waals surface area contributed by atoms with Gasteiger partial charge >= 0.3 is 0 Å². The fraction of sp³-hybridized carbons (Fsp3) is 0.667. The van der Waals surface area contributed by atoms with Crippen molar-refractivity contribution in [3.8, 4) is 0 Å². The van der Waals surface area contributed by atoms with Crippen LogP contribution in [-0.2, 0) is 13.0 Å². The SMILES string of the molecule is Cc1sc2c(c1C)CN(C[C@@H](O)CN)CC2. The van der Waals surface area contributed by atoms with Gasteiger partial charge in [-0.2, -0.15) is 0 Å². The van der Waals surface area contributed by atoms with E-state index >= 15 is 0 Å². The van der Waals surface area contributed by atoms with Gasteiger partial charge in [-0.3, -0.25) is 4.90 Å². The van der Waals surface area contributed by atoms with E-state index in [9.17, 15) is 5.11 Å². The molecule has 0 spiro atoms. The van der Waals surface area contributed by atoms with Crippen LogP contribution in [0.3, 0.4) is 0 Å². The molecule has 1 aliphatic rings. The molecule has 0 saturated heterocycles. The molecule has 0 amide bonds. The first-order valence-corrected chi connectivity index (χ1v) is 6.61. The van der Waals surface area contributed by atoms with Crippen LogP contribution in [0.15, 0.2) is 0 Å². The highest BCUT2D eigenvalue weighted by atomic mass is 32.1. The molecular formula is C12H20N2OS. The lowest BCUT2D eigenvalue weighted by atomic mass is 10.0. The first-order valence-electron chi connectivity index (χ1n) is 5.80. The van der Waals surface area contributed by atoms with Crippen LogP contribution in [-0.4, -0.2) is 35.7 Å². The van der Waals surface area contributed by atoms with Gasteiger partial charge in [-0.05, 0) is 31.4 Å². The lowest BCUT2D eigenvalue weighted by Gasteiger charge is -2.28. The molecule has 0 aliphatic carbocycles. The van der Waals surface area contributed by atoms with E-state index in [2.05, 4.69) is 18.7 Å². The number of rotatable bonds is 3. The second-order valence-corrected chi connectivity index (χ2v) is 5.87. The molecule has 1 aromatic rings. The lowest BCUT2D eigenvalue weighted by molar-refractivity contribution is 0.112. The second kappa shape index (κ2) is 4.84. The van der Waals surface area contributed by atoms with Crippen LogP contribution < -0.4 is 5.73 Å². The maximum atomic E-state index is 9.57. The van der Waals surface area contributed by atoms with E-state index in [4.69, 9.17) is 5.73 Å². The standard InChI is InChI=1S/C12H20N2OS/c1-8-9(2)16-12-3-4-14(7-11(8)12)6-10(15)5-13/h10,15H,3-7,13H2,1-2H3/t10-/m0/s1. The van der Waals surface area contributed by atoms with Crippen LogP contribution in [0, 0.1) is 13.8 Å². The molecular weight excluding hydrogens is 220 g/mol. The van der Waals surface area contributed by atoms with Crippen LogP contribution >= 0.6 is 11.3 Å². The molecule has 1 aliphatic heterocycles. The summed E-state index contributed by atoms with van der Waals surface area (Å²) >= 11 is 1.93. The van der Waals surface area contributed by atoms with Gasteiger partial charge in [0.2, 0.25) is 0 Å². The molecule has 0 aromatic carbocycles. The Morgan fingerprint density at radius 2 is 2.25 bits per heavy atom. The van der Waals surface area contributed by atoms with E-state index in [1.165, 1.54) is 20.9 Å². The van der Waals surface area contributed by atoms with Crippen molar-refractivity contribution >= 4 is 11.3 Å². The molecule has 0 saturated carbocycles. The Balaban J connectivity index is 2.08. The van der Waals surface area contributed by atoms with Crippen molar-refractivity contribution in [1.29, 1.82) is 0 Å². The predicted octanol–water partition coefficient (Wildman–Crippen LogP) is 1.04. The van der Waals surface area contributed by atoms with E-state index in [0.717, 1.165) is 19.5 Å². The molecule has 4 heteroatoms. The van der Waals surface area contributed by atoms with Crippen molar-refractivity contribution in [3.63, 3.8) is 0 Å². The molecule has 1 atom stereocenters. The molecule has 2 rings (SSSR count). The number of aliphatic hydroxyl groups excluding tert-OH is 1. The first-order chi connectivity index (χ1) is 7.61. The molecule has 0 fully saturated rings. The monoisotopic (exact) mass is 240 g/mol. The van der Waals surface area contributed by atoms with E-state index < -0.39 is 0 Å². The van der Waals surface area contributed by atoms with Gasteiger partial charge in [0.15, 0.2) is 0 Å². The van der Waals surface area contributed by atoms with E-state index in [1.54, 1.807) is 0 Å². The van der Waals surface area contributed by atoms with Crippen LogP contribution in [0.5, 0.6) is 0 Å². The van der Waals surface area contributed by atoms with Crippen molar-refractivity contribution in [2.75, 3.05) is 19.6 Å². The Labute approximate surface area is 101 Å². The summed E-state index contributed by atoms with van der Waals surface area (Å²) in [6, 6.07) is 0. The lowest BCUT2D eigenvalue weighted by Crippen LogP contribution is -2.39. The fourth-order valence-corrected chi connectivity index (χ4v) is 3.42. The summed E-state index contributed by atoms with van der Waals surface area (Å²) < 4.78 is 0. The zero-order valence-electron chi connectivity index (χ0n) is 9.99. The van der Waals surface area contributed by atoms with Crippen LogP contribution in [0.2, 0.25) is 0 Å². The van der Waals surface area contributed by atoms with E-state index in [1.807, 2.05) is 11.3 Å².